The molecular formula is C27H54NO7PS. The van der Waals surface area contributed by atoms with E-state index in [1.54, 1.807) is 27.7 Å². The first-order valence-electron chi connectivity index (χ1n) is 14.1. The minimum atomic E-state index is -3.72. The summed E-state index contributed by atoms with van der Waals surface area (Å²) in [6.45, 7) is 5.70. The third kappa shape index (κ3) is 21.0. The molecule has 4 N–H and O–H groups in total. The normalized spacial score (nSPS) is 13.5. The van der Waals surface area contributed by atoms with Crippen molar-refractivity contribution in [2.24, 2.45) is 5.41 Å². The van der Waals surface area contributed by atoms with Gasteiger partial charge in [0.25, 0.3) is 0 Å². The van der Waals surface area contributed by atoms with Crippen molar-refractivity contribution in [2.75, 3.05) is 13.2 Å². The molecule has 1 amide bonds. The van der Waals surface area contributed by atoms with E-state index in [1.807, 2.05) is 0 Å². The van der Waals surface area contributed by atoms with Gasteiger partial charge in [-0.05, 0) is 38.5 Å². The highest BCUT2D eigenvalue weighted by Crippen LogP contribution is 2.37. The second-order valence-electron chi connectivity index (χ2n) is 11.4. The van der Waals surface area contributed by atoms with Crippen molar-refractivity contribution in [1.29, 1.82) is 0 Å². The molecule has 0 aliphatic rings. The van der Waals surface area contributed by atoms with Crippen molar-refractivity contribution < 1.29 is 33.7 Å². The van der Waals surface area contributed by atoms with Crippen molar-refractivity contribution in [3.8, 4) is 0 Å². The smallest absolute Gasteiger partial charge is 0.326 e. The summed E-state index contributed by atoms with van der Waals surface area (Å²) in [7, 11) is 0. The molecule has 0 aliphatic carbocycles. The number of hydrogen-bond acceptors (Lipinski definition) is 5. The average Bonchev–Trinajstić information content (AvgIpc) is 2.78. The fourth-order valence-electron chi connectivity index (χ4n) is 4.08. The maximum atomic E-state index is 12.5. The Bertz CT molecular complexity index is 682. The summed E-state index contributed by atoms with van der Waals surface area (Å²) in [6, 6.07) is -1.09. The fourth-order valence-corrected chi connectivity index (χ4v) is 4.63. The number of amides is 1. The Kier molecular flexibility index (Phi) is 19.2. The highest BCUT2D eigenvalue weighted by atomic mass is 32.5. The molecule has 0 aliphatic heterocycles. The predicted octanol–water partition coefficient (Wildman–Crippen LogP) is 6.47. The summed E-state index contributed by atoms with van der Waals surface area (Å²) in [4.78, 5) is 42.7. The molecule has 0 bridgehead atoms. The van der Waals surface area contributed by atoms with Crippen LogP contribution < -0.4 is 5.32 Å². The van der Waals surface area contributed by atoms with Crippen LogP contribution in [0.1, 0.15) is 131 Å². The summed E-state index contributed by atoms with van der Waals surface area (Å²) < 4.78 is 10.8. The van der Waals surface area contributed by atoms with E-state index in [2.05, 4.69) is 24.0 Å². The van der Waals surface area contributed by atoms with E-state index >= 15 is 0 Å². The van der Waals surface area contributed by atoms with Gasteiger partial charge in [-0.2, -0.15) is 0 Å². The number of carboxylic acids is 1. The van der Waals surface area contributed by atoms with Crippen LogP contribution in [0.5, 0.6) is 0 Å². The lowest BCUT2D eigenvalue weighted by Gasteiger charge is -2.35. The van der Waals surface area contributed by atoms with E-state index in [1.165, 1.54) is 64.2 Å². The predicted molar refractivity (Wildman–Crippen MR) is 153 cm³/mol. The minimum Gasteiger partial charge on any atom is -0.480 e. The van der Waals surface area contributed by atoms with Crippen LogP contribution in [0.25, 0.3) is 0 Å². The number of carboxylic acid groups (broad SMARTS) is 1. The minimum absolute atomic E-state index is 0.00985. The van der Waals surface area contributed by atoms with Gasteiger partial charge in [0.2, 0.25) is 5.91 Å². The summed E-state index contributed by atoms with van der Waals surface area (Å²) >= 11 is 4.44. The Morgan fingerprint density at radius 1 is 0.865 bits per heavy atom. The SMILES string of the molecule is CCCCCCCCCCCCCCCC(=O)NC(C(=O)O)C(C)(C)COC(C)(C)CCOP(O)(O)=S. The number of aliphatic carboxylic acids is 1. The quantitative estimate of drug-likeness (QED) is 0.0772. The molecule has 1 atom stereocenters. The van der Waals surface area contributed by atoms with Crippen LogP contribution in [0.15, 0.2) is 0 Å². The number of hydrogen-bond donors (Lipinski definition) is 4. The maximum Gasteiger partial charge on any atom is 0.326 e. The first-order chi connectivity index (χ1) is 17.2. The van der Waals surface area contributed by atoms with Gasteiger partial charge >= 0.3 is 12.7 Å². The summed E-state index contributed by atoms with van der Waals surface area (Å²) in [5, 5.41) is 12.4. The Labute approximate surface area is 230 Å². The van der Waals surface area contributed by atoms with E-state index in [4.69, 9.17) is 9.26 Å². The van der Waals surface area contributed by atoms with E-state index in [-0.39, 0.29) is 19.1 Å². The molecule has 0 fully saturated rings. The van der Waals surface area contributed by atoms with Crippen molar-refractivity contribution in [2.45, 2.75) is 143 Å². The van der Waals surface area contributed by atoms with Gasteiger partial charge in [-0.3, -0.25) is 4.79 Å². The lowest BCUT2D eigenvalue weighted by atomic mass is 9.84. The third-order valence-corrected chi connectivity index (χ3v) is 7.47. The second-order valence-corrected chi connectivity index (χ2v) is 14.1. The van der Waals surface area contributed by atoms with E-state index in [0.717, 1.165) is 19.3 Å². The first-order valence-corrected chi connectivity index (χ1v) is 16.7. The number of rotatable bonds is 24. The Morgan fingerprint density at radius 2 is 1.32 bits per heavy atom. The summed E-state index contributed by atoms with van der Waals surface area (Å²) in [5.74, 6) is -1.36. The molecule has 1 unspecified atom stereocenters. The van der Waals surface area contributed by atoms with Gasteiger partial charge in [-0.1, -0.05) is 97.8 Å². The molecule has 0 saturated carbocycles. The number of carbonyl (C=O) groups is 2. The molecule has 220 valence electrons. The van der Waals surface area contributed by atoms with Crippen LogP contribution >= 0.6 is 6.72 Å². The van der Waals surface area contributed by atoms with Gasteiger partial charge < -0.3 is 29.5 Å². The van der Waals surface area contributed by atoms with Crippen molar-refractivity contribution in [3.63, 3.8) is 0 Å². The zero-order valence-corrected chi connectivity index (χ0v) is 25.6. The number of ether oxygens (including phenoxy) is 1. The van der Waals surface area contributed by atoms with Crippen LogP contribution in [-0.4, -0.2) is 51.6 Å². The molecule has 0 aromatic heterocycles. The van der Waals surface area contributed by atoms with Crippen LogP contribution in [0.3, 0.4) is 0 Å². The van der Waals surface area contributed by atoms with Crippen molar-refractivity contribution >= 4 is 30.4 Å². The van der Waals surface area contributed by atoms with Gasteiger partial charge in [0.1, 0.15) is 6.04 Å². The zero-order valence-electron chi connectivity index (χ0n) is 23.9. The Balaban J connectivity index is 4.21. The highest BCUT2D eigenvalue weighted by molar-refractivity contribution is 8.06. The lowest BCUT2D eigenvalue weighted by molar-refractivity contribution is -0.149. The summed E-state index contributed by atoms with van der Waals surface area (Å²) in [5.41, 5.74) is -1.57. The molecule has 0 saturated heterocycles. The number of nitrogens with one attached hydrogen (secondary N) is 1. The standard InChI is InChI=1S/C27H54NO7PS/c1-6-7-8-9-10-11-12-13-14-15-16-17-18-19-23(29)28-24(25(30)31)26(2,3)22-34-27(4,5)20-21-35-36(32,33)37/h24H,6-22H2,1-5H3,(H,28,29)(H,30,31)(H2,32,33,37). The molecule has 0 heterocycles. The number of unbranched alkanes of at least 4 members (excludes halogenated alkanes) is 12. The van der Waals surface area contributed by atoms with Gasteiger partial charge in [0, 0.05) is 11.8 Å². The monoisotopic (exact) mass is 567 g/mol. The first kappa shape index (κ1) is 36.4. The maximum absolute atomic E-state index is 12.5. The van der Waals surface area contributed by atoms with E-state index in [9.17, 15) is 24.5 Å². The van der Waals surface area contributed by atoms with Gasteiger partial charge in [0.05, 0.1) is 18.8 Å². The molecule has 0 aromatic carbocycles. The molecule has 0 radical (unpaired) electrons. The van der Waals surface area contributed by atoms with Crippen LogP contribution in [0.2, 0.25) is 0 Å². The molecule has 8 nitrogen and oxygen atoms in total. The topological polar surface area (TPSA) is 125 Å². The van der Waals surface area contributed by atoms with E-state index in [0.29, 0.717) is 12.8 Å². The second kappa shape index (κ2) is 19.5. The van der Waals surface area contributed by atoms with Crippen molar-refractivity contribution in [1.82, 2.24) is 5.32 Å². The molecule has 0 spiro atoms. The van der Waals surface area contributed by atoms with Gasteiger partial charge in [0.15, 0.2) is 0 Å². The lowest BCUT2D eigenvalue weighted by Crippen LogP contribution is -2.52. The molecule has 0 aromatic rings. The number of carbonyl (C=O) groups excluding carboxylic acids is 1. The largest absolute Gasteiger partial charge is 0.480 e. The van der Waals surface area contributed by atoms with Gasteiger partial charge in [-0.25, -0.2) is 4.79 Å². The molecule has 37 heavy (non-hydrogen) atoms. The molecule has 0 rings (SSSR count). The van der Waals surface area contributed by atoms with Crippen molar-refractivity contribution in [3.05, 3.63) is 0 Å². The third-order valence-electron chi connectivity index (χ3n) is 6.64. The Hall–Kier alpha value is -0.570. The van der Waals surface area contributed by atoms with E-state index < -0.39 is 29.7 Å². The highest BCUT2D eigenvalue weighted by Gasteiger charge is 2.38. The summed E-state index contributed by atoms with van der Waals surface area (Å²) in [6.07, 6.45) is 16.6. The van der Waals surface area contributed by atoms with Crippen LogP contribution in [0.4, 0.5) is 0 Å². The van der Waals surface area contributed by atoms with Crippen LogP contribution in [-0.2, 0) is 30.7 Å². The molecule has 10 heteroatoms. The fraction of sp³-hybridized carbons (Fsp3) is 0.926. The van der Waals surface area contributed by atoms with Crippen LogP contribution in [0, 0.1) is 5.41 Å². The average molecular weight is 568 g/mol. The zero-order chi connectivity index (χ0) is 28.4. The molecular weight excluding hydrogens is 513 g/mol. The van der Waals surface area contributed by atoms with Gasteiger partial charge in [-0.15, -0.1) is 0 Å². The Morgan fingerprint density at radius 3 is 1.76 bits per heavy atom.